The Morgan fingerprint density at radius 3 is 2.67 bits per heavy atom. The Labute approximate surface area is 143 Å². The van der Waals surface area contributed by atoms with Crippen molar-refractivity contribution in [3.8, 4) is 22.8 Å². The van der Waals surface area contributed by atoms with Gasteiger partial charge in [0.15, 0.2) is 0 Å². The summed E-state index contributed by atoms with van der Waals surface area (Å²) in [5.41, 5.74) is 2.10. The highest BCUT2D eigenvalue weighted by Crippen LogP contribution is 2.26. The molecule has 1 N–H and O–H groups in total. The second-order valence-corrected chi connectivity index (χ2v) is 5.92. The minimum Gasteiger partial charge on any atom is -0.497 e. The van der Waals surface area contributed by atoms with E-state index in [-0.39, 0.29) is 5.56 Å². The largest absolute Gasteiger partial charge is 0.497 e. The van der Waals surface area contributed by atoms with Crippen LogP contribution in [0, 0.1) is 0 Å². The minimum atomic E-state index is -0.954. The normalized spacial score (nSPS) is 10.4. The van der Waals surface area contributed by atoms with Crippen LogP contribution in [0.3, 0.4) is 0 Å². The number of ether oxygens (including phenoxy) is 2. The summed E-state index contributed by atoms with van der Waals surface area (Å²) >= 11 is 1.51. The Bertz CT molecular complexity index is 842. The molecule has 1 heterocycles. The number of carbonyl (C=O) groups is 1. The lowest BCUT2D eigenvalue weighted by Crippen LogP contribution is -1.98. The molecular formula is C18H15NO4S. The molecule has 2 aromatic carbocycles. The van der Waals surface area contributed by atoms with Crippen molar-refractivity contribution < 1.29 is 19.4 Å². The van der Waals surface area contributed by atoms with E-state index in [1.807, 2.05) is 29.6 Å². The molecule has 3 aromatic rings. The average Bonchev–Trinajstić information content (AvgIpc) is 3.09. The third-order valence-electron chi connectivity index (χ3n) is 3.38. The number of aromatic carboxylic acids is 1. The van der Waals surface area contributed by atoms with Gasteiger partial charge in [0.2, 0.25) is 0 Å². The van der Waals surface area contributed by atoms with E-state index in [1.165, 1.54) is 23.5 Å². The van der Waals surface area contributed by atoms with Crippen molar-refractivity contribution in [3.05, 3.63) is 64.5 Å². The van der Waals surface area contributed by atoms with Crippen LogP contribution in [0.15, 0.2) is 53.9 Å². The highest BCUT2D eigenvalue weighted by molar-refractivity contribution is 7.09. The van der Waals surface area contributed by atoms with Crippen LogP contribution in [0.1, 0.15) is 15.4 Å². The van der Waals surface area contributed by atoms with Gasteiger partial charge in [-0.2, -0.15) is 0 Å². The summed E-state index contributed by atoms with van der Waals surface area (Å²) in [6.07, 6.45) is 0. The highest BCUT2D eigenvalue weighted by atomic mass is 32.1. The molecule has 0 atom stereocenters. The smallest absolute Gasteiger partial charge is 0.335 e. The number of aromatic nitrogens is 1. The SMILES string of the molecule is COc1cccc(-c2csc(COc3ccc(C(=O)O)cc3)n2)c1. The van der Waals surface area contributed by atoms with Gasteiger partial charge in [0.05, 0.1) is 18.4 Å². The maximum Gasteiger partial charge on any atom is 0.335 e. The Hall–Kier alpha value is -2.86. The lowest BCUT2D eigenvalue weighted by atomic mass is 10.2. The zero-order valence-corrected chi connectivity index (χ0v) is 13.7. The maximum atomic E-state index is 10.8. The number of thiazole rings is 1. The molecule has 0 aliphatic carbocycles. The van der Waals surface area contributed by atoms with Crippen molar-refractivity contribution in [2.24, 2.45) is 0 Å². The molecule has 5 nitrogen and oxygen atoms in total. The number of methoxy groups -OCH3 is 1. The number of carboxylic acids is 1. The van der Waals surface area contributed by atoms with Crippen molar-refractivity contribution in [2.45, 2.75) is 6.61 Å². The van der Waals surface area contributed by atoms with Crippen LogP contribution in [0.2, 0.25) is 0 Å². The lowest BCUT2D eigenvalue weighted by Gasteiger charge is -2.04. The molecule has 0 fully saturated rings. The Morgan fingerprint density at radius 1 is 1.17 bits per heavy atom. The maximum absolute atomic E-state index is 10.8. The van der Waals surface area contributed by atoms with Crippen molar-refractivity contribution in [1.82, 2.24) is 4.98 Å². The van der Waals surface area contributed by atoms with Gasteiger partial charge in [0.1, 0.15) is 23.1 Å². The van der Waals surface area contributed by atoms with Crippen LogP contribution in [0.25, 0.3) is 11.3 Å². The first-order chi connectivity index (χ1) is 11.7. The van der Waals surface area contributed by atoms with Crippen molar-refractivity contribution >= 4 is 17.3 Å². The highest BCUT2D eigenvalue weighted by Gasteiger charge is 2.07. The van der Waals surface area contributed by atoms with E-state index in [1.54, 1.807) is 19.2 Å². The van der Waals surface area contributed by atoms with Gasteiger partial charge in [-0.1, -0.05) is 12.1 Å². The average molecular weight is 341 g/mol. The Kier molecular flexibility index (Phi) is 4.77. The van der Waals surface area contributed by atoms with Gasteiger partial charge in [-0.15, -0.1) is 11.3 Å². The topological polar surface area (TPSA) is 68.7 Å². The first-order valence-electron chi connectivity index (χ1n) is 7.20. The van der Waals surface area contributed by atoms with E-state index >= 15 is 0 Å². The fraction of sp³-hybridized carbons (Fsp3) is 0.111. The molecule has 0 bridgehead atoms. The van der Waals surface area contributed by atoms with E-state index < -0.39 is 5.97 Å². The van der Waals surface area contributed by atoms with Crippen molar-refractivity contribution in [1.29, 1.82) is 0 Å². The van der Waals surface area contributed by atoms with Crippen LogP contribution in [-0.4, -0.2) is 23.2 Å². The van der Waals surface area contributed by atoms with Gasteiger partial charge < -0.3 is 14.6 Å². The predicted octanol–water partition coefficient (Wildman–Crippen LogP) is 4.10. The number of benzene rings is 2. The number of hydrogen-bond donors (Lipinski definition) is 1. The van der Waals surface area contributed by atoms with Crippen LogP contribution in [0.5, 0.6) is 11.5 Å². The number of nitrogens with zero attached hydrogens (tertiary/aromatic N) is 1. The van der Waals surface area contributed by atoms with Gasteiger partial charge in [-0.25, -0.2) is 9.78 Å². The van der Waals surface area contributed by atoms with Crippen molar-refractivity contribution in [3.63, 3.8) is 0 Å². The molecule has 0 saturated heterocycles. The molecule has 0 unspecified atom stereocenters. The summed E-state index contributed by atoms with van der Waals surface area (Å²) in [5.74, 6) is 0.444. The third kappa shape index (κ3) is 3.72. The van der Waals surface area contributed by atoms with E-state index in [0.717, 1.165) is 22.0 Å². The number of rotatable bonds is 6. The summed E-state index contributed by atoms with van der Waals surface area (Å²) in [6.45, 7) is 0.334. The van der Waals surface area contributed by atoms with Gasteiger partial charge in [0, 0.05) is 10.9 Å². The molecule has 1 aromatic heterocycles. The number of hydrogen-bond acceptors (Lipinski definition) is 5. The second-order valence-electron chi connectivity index (χ2n) is 4.98. The molecular weight excluding hydrogens is 326 g/mol. The van der Waals surface area contributed by atoms with Gasteiger partial charge in [0.25, 0.3) is 0 Å². The molecule has 3 rings (SSSR count). The zero-order chi connectivity index (χ0) is 16.9. The van der Waals surface area contributed by atoms with Crippen molar-refractivity contribution in [2.75, 3.05) is 7.11 Å². The molecule has 0 radical (unpaired) electrons. The third-order valence-corrected chi connectivity index (χ3v) is 4.20. The zero-order valence-electron chi connectivity index (χ0n) is 12.9. The van der Waals surface area contributed by atoms with Crippen LogP contribution < -0.4 is 9.47 Å². The summed E-state index contributed by atoms with van der Waals surface area (Å²) < 4.78 is 10.9. The Balaban J connectivity index is 1.66. The molecule has 122 valence electrons. The molecule has 6 heteroatoms. The number of carboxylic acid groups (broad SMARTS) is 1. The first-order valence-corrected chi connectivity index (χ1v) is 8.08. The standard InChI is InChI=1S/C18H15NO4S/c1-22-15-4-2-3-13(9-15)16-11-24-17(19-16)10-23-14-7-5-12(6-8-14)18(20)21/h2-9,11H,10H2,1H3,(H,20,21). The monoisotopic (exact) mass is 341 g/mol. The summed E-state index contributed by atoms with van der Waals surface area (Å²) in [5, 5.41) is 11.7. The quantitative estimate of drug-likeness (QED) is 0.731. The van der Waals surface area contributed by atoms with Crippen LogP contribution in [-0.2, 0) is 6.61 Å². The molecule has 24 heavy (non-hydrogen) atoms. The summed E-state index contributed by atoms with van der Waals surface area (Å²) in [4.78, 5) is 15.4. The fourth-order valence-corrected chi connectivity index (χ4v) is 2.85. The van der Waals surface area contributed by atoms with Crippen LogP contribution >= 0.6 is 11.3 Å². The molecule has 0 aliphatic rings. The summed E-state index contributed by atoms with van der Waals surface area (Å²) in [6, 6.07) is 14.0. The van der Waals surface area contributed by atoms with Gasteiger partial charge in [-0.05, 0) is 36.4 Å². The fourth-order valence-electron chi connectivity index (χ4n) is 2.13. The van der Waals surface area contributed by atoms with E-state index in [2.05, 4.69) is 4.98 Å². The van der Waals surface area contributed by atoms with Gasteiger partial charge in [-0.3, -0.25) is 0 Å². The van der Waals surface area contributed by atoms with E-state index in [9.17, 15) is 4.79 Å². The van der Waals surface area contributed by atoms with E-state index in [4.69, 9.17) is 14.6 Å². The molecule has 0 saturated carbocycles. The molecule has 0 amide bonds. The van der Waals surface area contributed by atoms with Gasteiger partial charge >= 0.3 is 5.97 Å². The second kappa shape index (κ2) is 7.14. The lowest BCUT2D eigenvalue weighted by molar-refractivity contribution is 0.0697. The van der Waals surface area contributed by atoms with E-state index in [0.29, 0.717) is 12.4 Å². The minimum absolute atomic E-state index is 0.233. The summed E-state index contributed by atoms with van der Waals surface area (Å²) in [7, 11) is 1.63. The predicted molar refractivity (Wildman–Crippen MR) is 91.8 cm³/mol. The molecule has 0 spiro atoms. The van der Waals surface area contributed by atoms with Crippen LogP contribution in [0.4, 0.5) is 0 Å². The molecule has 0 aliphatic heterocycles. The first kappa shape index (κ1) is 16.0. The Morgan fingerprint density at radius 2 is 1.96 bits per heavy atom.